The van der Waals surface area contributed by atoms with Gasteiger partial charge in [-0.1, -0.05) is 15.9 Å². The molecule has 0 fully saturated rings. The summed E-state index contributed by atoms with van der Waals surface area (Å²) in [6, 6.07) is 0. The van der Waals surface area contributed by atoms with E-state index in [0.717, 1.165) is 0 Å². The number of carbonyl (C=O) groups excluding carboxylic acids is 2. The van der Waals surface area contributed by atoms with Gasteiger partial charge in [-0.3, -0.25) is 9.59 Å². The second-order valence-electron chi connectivity index (χ2n) is 1.58. The summed E-state index contributed by atoms with van der Waals surface area (Å²) >= 11 is 2.91. The Hall–Kier alpha value is 0.326. The Morgan fingerprint density at radius 2 is 1.44 bits per heavy atom. The number of Topliss-reactive ketones (excluding diaryl/α,β-unsaturated/α-hetero) is 2. The summed E-state index contributed by atoms with van der Waals surface area (Å²) in [5.41, 5.74) is 0. The third-order valence-electron chi connectivity index (χ3n) is 0.714. The second-order valence-corrected chi connectivity index (χ2v) is 2.50. The predicted molar refractivity (Wildman–Crippen MR) is 34.1 cm³/mol. The fourth-order valence-electron chi connectivity index (χ4n) is 0.286. The zero-order chi connectivity index (χ0) is 6.73. The molecule has 0 aromatic rings. The molecule has 0 atom stereocenters. The number of hydrogen-bond acceptors (Lipinski definition) is 2. The first-order valence-electron chi connectivity index (χ1n) is 2.20. The maximum atomic E-state index is 10.3. The molecule has 0 spiro atoms. The van der Waals surface area contributed by atoms with Crippen LogP contribution in [0.1, 0.15) is 13.8 Å². The monoisotopic (exact) mass is 237 g/mol. The first kappa shape index (κ1) is 12.0. The molecule has 0 amide bonds. The van der Waals surface area contributed by atoms with E-state index in [9.17, 15) is 9.59 Å². The smallest absolute Gasteiger partial charge is 0.150 e. The molecule has 0 saturated heterocycles. The van der Waals surface area contributed by atoms with Crippen molar-refractivity contribution in [2.45, 2.75) is 18.7 Å². The van der Waals surface area contributed by atoms with Crippen LogP contribution in [0.15, 0.2) is 0 Å². The Balaban J connectivity index is 0. The first-order chi connectivity index (χ1) is 3.55. The van der Waals surface area contributed by atoms with Crippen LogP contribution in [0.4, 0.5) is 0 Å². The number of hydrogen-bond donors (Lipinski definition) is 0. The fraction of sp³-hybridized carbons (Fsp3) is 0.600. The molecule has 0 bridgehead atoms. The van der Waals surface area contributed by atoms with Crippen molar-refractivity contribution in [1.29, 1.82) is 0 Å². The van der Waals surface area contributed by atoms with Gasteiger partial charge in [0.25, 0.3) is 0 Å². The molecular weight excluding hydrogens is 231 g/mol. The van der Waals surface area contributed by atoms with E-state index in [-0.39, 0.29) is 28.3 Å². The van der Waals surface area contributed by atoms with Crippen LogP contribution in [0.25, 0.3) is 0 Å². The molecule has 0 aliphatic carbocycles. The van der Waals surface area contributed by atoms with Crippen molar-refractivity contribution in [3.8, 4) is 0 Å². The second kappa shape index (κ2) is 5.14. The van der Waals surface area contributed by atoms with Crippen molar-refractivity contribution in [2.24, 2.45) is 0 Å². The van der Waals surface area contributed by atoms with Crippen molar-refractivity contribution in [3.05, 3.63) is 0 Å². The van der Waals surface area contributed by atoms with E-state index in [1.807, 2.05) is 0 Å². The van der Waals surface area contributed by atoms with Gasteiger partial charge in [0, 0.05) is 16.8 Å². The Labute approximate surface area is 72.7 Å². The van der Waals surface area contributed by atoms with Gasteiger partial charge in [-0.25, -0.2) is 0 Å². The summed E-state index contributed by atoms with van der Waals surface area (Å²) in [6.07, 6.45) is 0. The van der Waals surface area contributed by atoms with Crippen molar-refractivity contribution < 1.29 is 26.4 Å². The minimum atomic E-state index is -0.595. The summed E-state index contributed by atoms with van der Waals surface area (Å²) in [4.78, 5) is 20.0. The van der Waals surface area contributed by atoms with Crippen LogP contribution in [-0.2, 0) is 26.4 Å². The van der Waals surface area contributed by atoms with Gasteiger partial charge < -0.3 is 0 Å². The van der Waals surface area contributed by atoms with Crippen molar-refractivity contribution in [3.63, 3.8) is 0 Å². The van der Waals surface area contributed by atoms with Gasteiger partial charge >= 0.3 is 0 Å². The Morgan fingerprint density at radius 1 is 1.22 bits per heavy atom. The molecule has 0 unspecified atom stereocenters. The molecule has 0 aliphatic rings. The van der Waals surface area contributed by atoms with E-state index in [1.54, 1.807) is 0 Å². The van der Waals surface area contributed by atoms with Crippen molar-refractivity contribution >= 4 is 27.5 Å². The largest absolute Gasteiger partial charge is 0.298 e. The molecule has 0 aromatic heterocycles. The molecule has 1 radical (unpaired) electrons. The number of alkyl halides is 1. The van der Waals surface area contributed by atoms with Gasteiger partial charge in [-0.05, 0) is 13.8 Å². The molecule has 2 nitrogen and oxygen atoms in total. The molecule has 9 heavy (non-hydrogen) atoms. The summed E-state index contributed by atoms with van der Waals surface area (Å²) in [5.74, 6) is -0.282. The number of carbonyl (C=O) groups is 2. The molecular formula is C5H7BrCoO2. The molecule has 4 heteroatoms. The first-order valence-corrected chi connectivity index (χ1v) is 3.12. The van der Waals surface area contributed by atoms with Gasteiger partial charge in [-0.2, -0.15) is 0 Å². The Kier molecular flexibility index (Phi) is 6.88. The fourth-order valence-corrected chi connectivity index (χ4v) is 0.286. The van der Waals surface area contributed by atoms with Crippen LogP contribution in [0.3, 0.4) is 0 Å². The van der Waals surface area contributed by atoms with Gasteiger partial charge in [0.2, 0.25) is 0 Å². The normalized spacial score (nSPS) is 8.44. The molecule has 0 heterocycles. The van der Waals surface area contributed by atoms with Crippen LogP contribution in [-0.4, -0.2) is 16.4 Å². The summed E-state index contributed by atoms with van der Waals surface area (Å²) in [6.45, 7) is 2.75. The summed E-state index contributed by atoms with van der Waals surface area (Å²) in [7, 11) is 0. The van der Waals surface area contributed by atoms with Crippen LogP contribution < -0.4 is 0 Å². The van der Waals surface area contributed by atoms with Crippen molar-refractivity contribution in [1.82, 2.24) is 0 Å². The van der Waals surface area contributed by atoms with Crippen LogP contribution >= 0.6 is 15.9 Å². The Morgan fingerprint density at radius 3 is 1.44 bits per heavy atom. The summed E-state index contributed by atoms with van der Waals surface area (Å²) in [5, 5.41) is 0. The third kappa shape index (κ3) is 4.81. The molecule has 0 saturated carbocycles. The molecule has 0 aromatic carbocycles. The van der Waals surface area contributed by atoms with Gasteiger partial charge in [0.1, 0.15) is 4.83 Å². The molecule has 0 N–H and O–H groups in total. The minimum Gasteiger partial charge on any atom is -0.298 e. The number of rotatable bonds is 2. The molecule has 55 valence electrons. The SMILES string of the molecule is CC(=O)C(Br)C(C)=O.[Co]. The quantitative estimate of drug-likeness (QED) is 0.529. The number of ketones is 2. The standard InChI is InChI=1S/C5H7BrO2.Co/c1-3(7)5(6)4(2)8;/h5H,1-2H3;. The average molecular weight is 238 g/mol. The summed E-state index contributed by atoms with van der Waals surface area (Å²) < 4.78 is 0. The van der Waals surface area contributed by atoms with E-state index < -0.39 is 4.83 Å². The predicted octanol–water partition coefficient (Wildman–Crippen LogP) is 0.925. The zero-order valence-corrected chi connectivity index (χ0v) is 7.73. The Bertz CT molecular complexity index is 110. The minimum absolute atomic E-state index is 0. The third-order valence-corrected chi connectivity index (χ3v) is 2.00. The van der Waals surface area contributed by atoms with E-state index in [2.05, 4.69) is 15.9 Å². The van der Waals surface area contributed by atoms with Gasteiger partial charge in [0.05, 0.1) is 0 Å². The molecule has 0 rings (SSSR count). The average Bonchev–Trinajstić information content (AvgIpc) is 1.64. The van der Waals surface area contributed by atoms with E-state index in [4.69, 9.17) is 0 Å². The van der Waals surface area contributed by atoms with E-state index in [0.29, 0.717) is 0 Å². The maximum absolute atomic E-state index is 10.3. The zero-order valence-electron chi connectivity index (χ0n) is 5.11. The van der Waals surface area contributed by atoms with Gasteiger partial charge in [0.15, 0.2) is 11.6 Å². The van der Waals surface area contributed by atoms with Crippen molar-refractivity contribution in [2.75, 3.05) is 0 Å². The maximum Gasteiger partial charge on any atom is 0.150 e. The van der Waals surface area contributed by atoms with Gasteiger partial charge in [-0.15, -0.1) is 0 Å². The van der Waals surface area contributed by atoms with Crippen LogP contribution in [0.5, 0.6) is 0 Å². The van der Waals surface area contributed by atoms with E-state index in [1.165, 1.54) is 13.8 Å². The van der Waals surface area contributed by atoms with Crippen LogP contribution in [0.2, 0.25) is 0 Å². The molecule has 0 aliphatic heterocycles. The topological polar surface area (TPSA) is 34.1 Å². The van der Waals surface area contributed by atoms with E-state index >= 15 is 0 Å². The number of halogens is 1. The van der Waals surface area contributed by atoms with Crippen LogP contribution in [0, 0.1) is 0 Å².